The number of anilines is 1. The lowest BCUT2D eigenvalue weighted by atomic mass is 10.3. The first-order valence-electron chi connectivity index (χ1n) is 5.76. The molecule has 0 aliphatic rings. The molecule has 3 aromatic rings. The van der Waals surface area contributed by atoms with E-state index in [-0.39, 0.29) is 0 Å². The minimum Gasteiger partial charge on any atom is -0.377 e. The largest absolute Gasteiger partial charge is 0.377 e. The van der Waals surface area contributed by atoms with Crippen LogP contribution in [0.15, 0.2) is 43.1 Å². The van der Waals surface area contributed by atoms with Crippen molar-refractivity contribution < 1.29 is 0 Å². The maximum absolute atomic E-state index is 4.52. The number of imidazole rings is 1. The Hall–Kier alpha value is -2.43. The lowest BCUT2D eigenvalue weighted by Gasteiger charge is -2.06. The number of pyridine rings is 1. The number of nitrogens with zero attached hydrogens (tertiary/aromatic N) is 4. The zero-order valence-corrected chi connectivity index (χ0v) is 10.0. The van der Waals surface area contributed by atoms with Gasteiger partial charge in [0.15, 0.2) is 0 Å². The van der Waals surface area contributed by atoms with E-state index < -0.39 is 0 Å². The van der Waals surface area contributed by atoms with Gasteiger partial charge < -0.3 is 9.72 Å². The molecule has 5 heteroatoms. The molecule has 3 rings (SSSR count). The number of aromatic nitrogens is 4. The van der Waals surface area contributed by atoms with E-state index in [2.05, 4.69) is 24.7 Å². The van der Waals surface area contributed by atoms with Crippen molar-refractivity contribution in [3.63, 3.8) is 0 Å². The fourth-order valence-electron chi connectivity index (χ4n) is 1.95. The van der Waals surface area contributed by atoms with Crippen LogP contribution in [0.2, 0.25) is 0 Å². The number of nitrogens with one attached hydrogen (secondary N) is 1. The molecule has 1 N–H and O–H groups in total. The van der Waals surface area contributed by atoms with Crippen molar-refractivity contribution in [1.82, 2.24) is 19.4 Å². The van der Waals surface area contributed by atoms with E-state index >= 15 is 0 Å². The first kappa shape index (κ1) is 10.7. The number of aryl methyl sites for hydroxylation is 1. The highest BCUT2D eigenvalue weighted by Crippen LogP contribution is 2.13. The van der Waals surface area contributed by atoms with Crippen LogP contribution in [0, 0.1) is 6.92 Å². The van der Waals surface area contributed by atoms with Gasteiger partial charge in [-0.25, -0.2) is 15.0 Å². The second-order valence-electron chi connectivity index (χ2n) is 4.05. The second kappa shape index (κ2) is 4.44. The van der Waals surface area contributed by atoms with Gasteiger partial charge in [0.1, 0.15) is 12.0 Å². The average molecular weight is 239 g/mol. The van der Waals surface area contributed by atoms with E-state index in [9.17, 15) is 0 Å². The Morgan fingerprint density at radius 2 is 2.06 bits per heavy atom. The maximum atomic E-state index is 4.52. The van der Waals surface area contributed by atoms with Gasteiger partial charge in [-0.15, -0.1) is 0 Å². The van der Waals surface area contributed by atoms with Crippen LogP contribution in [0.4, 0.5) is 5.69 Å². The van der Waals surface area contributed by atoms with Gasteiger partial charge in [-0.2, -0.15) is 0 Å². The highest BCUT2D eigenvalue weighted by Gasteiger charge is 2.07. The van der Waals surface area contributed by atoms with E-state index in [1.54, 1.807) is 12.4 Å². The number of fused-ring (bicyclic) bond motifs is 1. The number of hydrogen-bond acceptors (Lipinski definition) is 4. The van der Waals surface area contributed by atoms with Crippen LogP contribution in [0.3, 0.4) is 0 Å². The standard InChI is InChI=1S/C13H13N5/c1-10-12(8-16-11-6-14-9-15-7-11)18-5-3-2-4-13(18)17-10/h2-7,9,16H,8H2,1H3. The molecule has 0 atom stereocenters. The summed E-state index contributed by atoms with van der Waals surface area (Å²) < 4.78 is 2.09. The van der Waals surface area contributed by atoms with E-state index in [1.807, 2.05) is 31.3 Å². The Labute approximate surface area is 105 Å². The highest BCUT2D eigenvalue weighted by atomic mass is 15.0. The van der Waals surface area contributed by atoms with Crippen LogP contribution in [-0.4, -0.2) is 19.4 Å². The van der Waals surface area contributed by atoms with Crippen LogP contribution in [0.25, 0.3) is 5.65 Å². The van der Waals surface area contributed by atoms with Crippen molar-refractivity contribution in [2.75, 3.05) is 5.32 Å². The van der Waals surface area contributed by atoms with Crippen molar-refractivity contribution in [2.24, 2.45) is 0 Å². The Balaban J connectivity index is 1.89. The minimum atomic E-state index is 0.699. The molecule has 18 heavy (non-hydrogen) atoms. The molecule has 3 aromatic heterocycles. The summed E-state index contributed by atoms with van der Waals surface area (Å²) in [6.45, 7) is 2.72. The SMILES string of the molecule is Cc1nc2ccccn2c1CNc1cncnc1. The smallest absolute Gasteiger partial charge is 0.137 e. The third-order valence-corrected chi connectivity index (χ3v) is 2.85. The summed E-state index contributed by atoms with van der Waals surface area (Å²) in [5.41, 5.74) is 4.05. The van der Waals surface area contributed by atoms with Crippen LogP contribution in [-0.2, 0) is 6.54 Å². The Kier molecular flexibility index (Phi) is 2.64. The molecule has 0 aliphatic heterocycles. The third-order valence-electron chi connectivity index (χ3n) is 2.85. The fourth-order valence-corrected chi connectivity index (χ4v) is 1.95. The van der Waals surface area contributed by atoms with Gasteiger partial charge in [-0.05, 0) is 19.1 Å². The highest BCUT2D eigenvalue weighted by molar-refractivity contribution is 5.45. The lowest BCUT2D eigenvalue weighted by Crippen LogP contribution is -2.04. The van der Waals surface area contributed by atoms with Gasteiger partial charge in [-0.3, -0.25) is 0 Å². The molecule has 0 aromatic carbocycles. The molecule has 0 unspecified atom stereocenters. The van der Waals surface area contributed by atoms with Gasteiger partial charge in [-0.1, -0.05) is 6.07 Å². The lowest BCUT2D eigenvalue weighted by molar-refractivity contribution is 0.980. The normalized spacial score (nSPS) is 10.7. The molecule has 5 nitrogen and oxygen atoms in total. The van der Waals surface area contributed by atoms with Crippen molar-refractivity contribution in [1.29, 1.82) is 0 Å². The van der Waals surface area contributed by atoms with Crippen molar-refractivity contribution in [3.8, 4) is 0 Å². The molecule has 0 radical (unpaired) electrons. The molecule has 0 saturated heterocycles. The Morgan fingerprint density at radius 3 is 2.89 bits per heavy atom. The zero-order chi connectivity index (χ0) is 12.4. The first-order valence-corrected chi connectivity index (χ1v) is 5.76. The molecular formula is C13H13N5. The van der Waals surface area contributed by atoms with Crippen LogP contribution in [0.1, 0.15) is 11.4 Å². The van der Waals surface area contributed by atoms with Crippen molar-refractivity contribution in [3.05, 3.63) is 54.5 Å². The molecule has 0 amide bonds. The van der Waals surface area contributed by atoms with Gasteiger partial charge in [0.05, 0.1) is 36.0 Å². The molecule has 90 valence electrons. The first-order chi connectivity index (χ1) is 8.84. The van der Waals surface area contributed by atoms with Gasteiger partial charge >= 0.3 is 0 Å². The summed E-state index contributed by atoms with van der Waals surface area (Å²) in [6, 6.07) is 6.00. The molecule has 3 heterocycles. The summed E-state index contributed by atoms with van der Waals surface area (Å²) >= 11 is 0. The molecular weight excluding hydrogens is 226 g/mol. The molecule has 0 spiro atoms. The topological polar surface area (TPSA) is 55.1 Å². The predicted molar refractivity (Wildman–Crippen MR) is 69.3 cm³/mol. The number of hydrogen-bond donors (Lipinski definition) is 1. The summed E-state index contributed by atoms with van der Waals surface area (Å²) in [7, 11) is 0. The maximum Gasteiger partial charge on any atom is 0.137 e. The van der Waals surface area contributed by atoms with Gasteiger partial charge in [0.25, 0.3) is 0 Å². The van der Waals surface area contributed by atoms with E-state index in [4.69, 9.17) is 0 Å². The van der Waals surface area contributed by atoms with Gasteiger partial charge in [0, 0.05) is 6.20 Å². The zero-order valence-electron chi connectivity index (χ0n) is 10.0. The van der Waals surface area contributed by atoms with Crippen LogP contribution >= 0.6 is 0 Å². The van der Waals surface area contributed by atoms with Crippen LogP contribution < -0.4 is 5.32 Å². The third kappa shape index (κ3) is 1.90. The molecule has 0 fully saturated rings. The minimum absolute atomic E-state index is 0.699. The predicted octanol–water partition coefficient (Wildman–Crippen LogP) is 2.04. The Bertz CT molecular complexity index is 659. The van der Waals surface area contributed by atoms with Gasteiger partial charge in [0.2, 0.25) is 0 Å². The molecule has 0 aliphatic carbocycles. The summed E-state index contributed by atoms with van der Waals surface area (Å²) in [4.78, 5) is 12.5. The van der Waals surface area contributed by atoms with E-state index in [0.717, 1.165) is 22.7 Å². The monoisotopic (exact) mass is 239 g/mol. The summed E-state index contributed by atoms with van der Waals surface area (Å²) in [5, 5.41) is 3.29. The summed E-state index contributed by atoms with van der Waals surface area (Å²) in [5.74, 6) is 0. The van der Waals surface area contributed by atoms with Crippen molar-refractivity contribution in [2.45, 2.75) is 13.5 Å². The molecule has 0 bridgehead atoms. The quantitative estimate of drug-likeness (QED) is 0.760. The van der Waals surface area contributed by atoms with Crippen LogP contribution in [0.5, 0.6) is 0 Å². The summed E-state index contributed by atoms with van der Waals surface area (Å²) in [6.07, 6.45) is 7.05. The molecule has 0 saturated carbocycles. The second-order valence-corrected chi connectivity index (χ2v) is 4.05. The van der Waals surface area contributed by atoms with E-state index in [1.165, 1.54) is 6.33 Å². The van der Waals surface area contributed by atoms with Crippen molar-refractivity contribution >= 4 is 11.3 Å². The average Bonchev–Trinajstić information content (AvgIpc) is 2.73. The number of rotatable bonds is 3. The van der Waals surface area contributed by atoms with E-state index in [0.29, 0.717) is 6.54 Å². The fraction of sp³-hybridized carbons (Fsp3) is 0.154. The Morgan fingerprint density at radius 1 is 1.22 bits per heavy atom.